The number of hydrogen-bond donors (Lipinski definition) is 0. The number of benzene rings is 1. The van der Waals surface area contributed by atoms with E-state index in [2.05, 4.69) is 29.4 Å². The van der Waals surface area contributed by atoms with Crippen molar-refractivity contribution in [3.63, 3.8) is 0 Å². The Kier molecular flexibility index (Phi) is 2.84. The molecule has 0 bridgehead atoms. The fourth-order valence-corrected chi connectivity index (χ4v) is 1.96. The lowest BCUT2D eigenvalue weighted by molar-refractivity contribution is 1.14. The molecule has 0 aliphatic rings. The lowest BCUT2D eigenvalue weighted by Gasteiger charge is -2.05. The van der Waals surface area contributed by atoms with Gasteiger partial charge in [0.15, 0.2) is 0 Å². The fraction of sp³-hybridized carbons (Fsp3) is 0.0833. The van der Waals surface area contributed by atoms with E-state index < -0.39 is 0 Å². The van der Waals surface area contributed by atoms with Gasteiger partial charge in [0.1, 0.15) is 5.03 Å². The summed E-state index contributed by atoms with van der Waals surface area (Å²) in [6, 6.07) is 14.4. The van der Waals surface area contributed by atoms with Gasteiger partial charge >= 0.3 is 0 Å². The predicted molar refractivity (Wildman–Crippen MR) is 61.5 cm³/mol. The van der Waals surface area contributed by atoms with Crippen molar-refractivity contribution < 1.29 is 0 Å². The van der Waals surface area contributed by atoms with E-state index >= 15 is 0 Å². The molecule has 1 aromatic heterocycles. The molecular weight excluding hydrogens is 190 g/mol. The average molecular weight is 201 g/mol. The molecule has 2 rings (SSSR count). The topological polar surface area (TPSA) is 12.9 Å². The number of rotatable bonds is 2. The van der Waals surface area contributed by atoms with Crippen LogP contribution < -0.4 is 0 Å². The molecule has 1 aromatic carbocycles. The molecule has 0 saturated carbocycles. The van der Waals surface area contributed by atoms with E-state index in [1.54, 1.807) is 11.8 Å². The zero-order valence-electron chi connectivity index (χ0n) is 7.97. The van der Waals surface area contributed by atoms with Gasteiger partial charge in [-0.1, -0.05) is 36.4 Å². The first-order chi connectivity index (χ1) is 6.92. The smallest absolute Gasteiger partial charge is 0.104 e. The van der Waals surface area contributed by atoms with Crippen molar-refractivity contribution in [3.8, 4) is 11.1 Å². The zero-order valence-corrected chi connectivity index (χ0v) is 8.79. The van der Waals surface area contributed by atoms with Gasteiger partial charge in [-0.15, -0.1) is 11.8 Å². The summed E-state index contributed by atoms with van der Waals surface area (Å²) in [6.07, 6.45) is 3.88. The van der Waals surface area contributed by atoms with Crippen molar-refractivity contribution in [3.05, 3.63) is 48.7 Å². The van der Waals surface area contributed by atoms with Crippen molar-refractivity contribution >= 4 is 11.8 Å². The highest BCUT2D eigenvalue weighted by Gasteiger charge is 2.02. The number of nitrogens with zero attached hydrogens (tertiary/aromatic N) is 1. The van der Waals surface area contributed by atoms with Gasteiger partial charge in [-0.25, -0.2) is 4.98 Å². The van der Waals surface area contributed by atoms with Crippen LogP contribution in [0.2, 0.25) is 0 Å². The number of aromatic nitrogens is 1. The standard InChI is InChI=1S/C12H11NS/c1-14-12-11(8-5-9-13-12)10-6-3-2-4-7-10/h2-9H,1H3. The van der Waals surface area contributed by atoms with Gasteiger partial charge < -0.3 is 0 Å². The second-order valence-corrected chi connectivity index (χ2v) is 3.72. The number of hydrogen-bond acceptors (Lipinski definition) is 2. The largest absolute Gasteiger partial charge is 0.249 e. The van der Waals surface area contributed by atoms with Crippen molar-refractivity contribution in [1.82, 2.24) is 4.98 Å². The molecule has 0 amide bonds. The summed E-state index contributed by atoms with van der Waals surface area (Å²) in [5.41, 5.74) is 2.44. The molecule has 0 aliphatic heterocycles. The third kappa shape index (κ3) is 1.80. The SMILES string of the molecule is CSc1ncccc1-c1ccccc1. The lowest BCUT2D eigenvalue weighted by atomic mass is 10.1. The molecule has 0 atom stereocenters. The van der Waals surface area contributed by atoms with Gasteiger partial charge in [0.2, 0.25) is 0 Å². The summed E-state index contributed by atoms with van der Waals surface area (Å²) >= 11 is 1.68. The maximum Gasteiger partial charge on any atom is 0.104 e. The van der Waals surface area contributed by atoms with Crippen molar-refractivity contribution in [2.24, 2.45) is 0 Å². The van der Waals surface area contributed by atoms with E-state index in [-0.39, 0.29) is 0 Å². The summed E-state index contributed by atoms with van der Waals surface area (Å²) < 4.78 is 0. The Labute approximate surface area is 88.2 Å². The Morgan fingerprint density at radius 3 is 2.50 bits per heavy atom. The minimum absolute atomic E-state index is 1.08. The molecule has 14 heavy (non-hydrogen) atoms. The summed E-state index contributed by atoms with van der Waals surface area (Å²) in [7, 11) is 0. The van der Waals surface area contributed by atoms with E-state index in [0.717, 1.165) is 5.03 Å². The van der Waals surface area contributed by atoms with Crippen LogP contribution in [0.15, 0.2) is 53.7 Å². The van der Waals surface area contributed by atoms with E-state index in [9.17, 15) is 0 Å². The van der Waals surface area contributed by atoms with Crippen LogP contribution in [-0.2, 0) is 0 Å². The first-order valence-corrected chi connectivity index (χ1v) is 5.68. The highest BCUT2D eigenvalue weighted by Crippen LogP contribution is 2.27. The van der Waals surface area contributed by atoms with Crippen LogP contribution in [0.3, 0.4) is 0 Å². The Balaban J connectivity index is 2.51. The molecule has 0 spiro atoms. The Morgan fingerprint density at radius 1 is 1.00 bits per heavy atom. The minimum atomic E-state index is 1.08. The molecule has 0 fully saturated rings. The second kappa shape index (κ2) is 4.29. The van der Waals surface area contributed by atoms with E-state index in [0.29, 0.717) is 0 Å². The normalized spacial score (nSPS) is 10.1. The molecule has 1 nitrogen and oxygen atoms in total. The van der Waals surface area contributed by atoms with Crippen molar-refractivity contribution in [2.75, 3.05) is 6.26 Å². The van der Waals surface area contributed by atoms with Gasteiger partial charge in [0.25, 0.3) is 0 Å². The van der Waals surface area contributed by atoms with Crippen LogP contribution in [-0.4, -0.2) is 11.2 Å². The fourth-order valence-electron chi connectivity index (χ4n) is 1.39. The summed E-state index contributed by atoms with van der Waals surface area (Å²) in [4.78, 5) is 4.34. The van der Waals surface area contributed by atoms with Crippen LogP contribution in [0.5, 0.6) is 0 Å². The van der Waals surface area contributed by atoms with Gasteiger partial charge in [-0.05, 0) is 17.9 Å². The lowest BCUT2D eigenvalue weighted by Crippen LogP contribution is -1.84. The molecule has 70 valence electrons. The van der Waals surface area contributed by atoms with E-state index in [4.69, 9.17) is 0 Å². The van der Waals surface area contributed by atoms with Crippen LogP contribution in [0.25, 0.3) is 11.1 Å². The molecule has 0 saturated heterocycles. The molecule has 0 radical (unpaired) electrons. The van der Waals surface area contributed by atoms with E-state index in [1.807, 2.05) is 30.5 Å². The monoisotopic (exact) mass is 201 g/mol. The van der Waals surface area contributed by atoms with E-state index in [1.165, 1.54) is 11.1 Å². The molecule has 0 unspecified atom stereocenters. The Morgan fingerprint density at radius 2 is 1.79 bits per heavy atom. The van der Waals surface area contributed by atoms with Crippen LogP contribution in [0.4, 0.5) is 0 Å². The predicted octanol–water partition coefficient (Wildman–Crippen LogP) is 3.47. The molecule has 0 N–H and O–H groups in total. The van der Waals surface area contributed by atoms with Gasteiger partial charge in [0.05, 0.1) is 0 Å². The quantitative estimate of drug-likeness (QED) is 0.690. The van der Waals surface area contributed by atoms with Gasteiger partial charge in [0, 0.05) is 11.8 Å². The first-order valence-electron chi connectivity index (χ1n) is 4.46. The molecular formula is C12H11NS. The third-order valence-electron chi connectivity index (χ3n) is 2.05. The van der Waals surface area contributed by atoms with Crippen molar-refractivity contribution in [1.29, 1.82) is 0 Å². The average Bonchev–Trinajstić information content (AvgIpc) is 2.30. The van der Waals surface area contributed by atoms with Gasteiger partial charge in [-0.2, -0.15) is 0 Å². The van der Waals surface area contributed by atoms with Crippen molar-refractivity contribution in [2.45, 2.75) is 5.03 Å². The molecule has 1 heterocycles. The Bertz CT molecular complexity index is 412. The van der Waals surface area contributed by atoms with Crippen LogP contribution in [0.1, 0.15) is 0 Å². The maximum atomic E-state index is 4.34. The summed E-state index contributed by atoms with van der Waals surface area (Å²) in [5.74, 6) is 0. The van der Waals surface area contributed by atoms with Crippen LogP contribution in [0, 0.1) is 0 Å². The second-order valence-electron chi connectivity index (χ2n) is 2.93. The third-order valence-corrected chi connectivity index (χ3v) is 2.76. The molecule has 0 aliphatic carbocycles. The maximum absolute atomic E-state index is 4.34. The summed E-state index contributed by atoms with van der Waals surface area (Å²) in [5, 5.41) is 1.08. The highest BCUT2D eigenvalue weighted by atomic mass is 32.2. The summed E-state index contributed by atoms with van der Waals surface area (Å²) in [6.45, 7) is 0. The molecule has 2 heteroatoms. The van der Waals surface area contributed by atoms with Crippen LogP contribution >= 0.6 is 11.8 Å². The Hall–Kier alpha value is -1.28. The van der Waals surface area contributed by atoms with Gasteiger partial charge in [-0.3, -0.25) is 0 Å². The first kappa shape index (κ1) is 9.28. The zero-order chi connectivity index (χ0) is 9.80. The minimum Gasteiger partial charge on any atom is -0.249 e. The number of pyridine rings is 1. The molecule has 2 aromatic rings. The highest BCUT2D eigenvalue weighted by molar-refractivity contribution is 7.98. The number of thioether (sulfide) groups is 1.